The number of rotatable bonds is 8. The second-order valence-electron chi connectivity index (χ2n) is 5.49. The van der Waals surface area contributed by atoms with E-state index in [4.69, 9.17) is 5.73 Å². The van der Waals surface area contributed by atoms with Gasteiger partial charge in [-0.3, -0.25) is 9.59 Å². The lowest BCUT2D eigenvalue weighted by Crippen LogP contribution is -2.29. The van der Waals surface area contributed by atoms with E-state index < -0.39 is 0 Å². The second kappa shape index (κ2) is 7.78. The van der Waals surface area contributed by atoms with Crippen LogP contribution in [0.2, 0.25) is 0 Å². The van der Waals surface area contributed by atoms with Gasteiger partial charge in [-0.05, 0) is 30.4 Å². The Kier molecular flexibility index (Phi) is 5.75. The molecule has 0 spiro atoms. The third-order valence-corrected chi connectivity index (χ3v) is 3.47. The summed E-state index contributed by atoms with van der Waals surface area (Å²) in [6.45, 7) is 1.05. The van der Waals surface area contributed by atoms with Crippen molar-refractivity contribution in [3.05, 3.63) is 35.4 Å². The van der Waals surface area contributed by atoms with E-state index in [1.807, 2.05) is 24.3 Å². The summed E-state index contributed by atoms with van der Waals surface area (Å²) in [7, 11) is 0. The van der Waals surface area contributed by atoms with E-state index in [-0.39, 0.29) is 11.8 Å². The number of nitrogens with one attached hydrogen (secondary N) is 2. The van der Waals surface area contributed by atoms with E-state index in [1.54, 1.807) is 0 Å². The molecule has 0 saturated heterocycles. The molecule has 4 N–H and O–H groups in total. The first-order chi connectivity index (χ1) is 10.2. The van der Waals surface area contributed by atoms with E-state index in [9.17, 15) is 9.59 Å². The molecule has 0 aliphatic heterocycles. The lowest BCUT2D eigenvalue weighted by atomic mass is 10.1. The summed E-state index contributed by atoms with van der Waals surface area (Å²) < 4.78 is 0. The van der Waals surface area contributed by atoms with Crippen molar-refractivity contribution < 1.29 is 9.59 Å². The first-order valence-corrected chi connectivity index (χ1v) is 7.51. The fraction of sp³-hybridized carbons (Fsp3) is 0.500. The van der Waals surface area contributed by atoms with Crippen LogP contribution in [0.3, 0.4) is 0 Å². The van der Waals surface area contributed by atoms with Crippen LogP contribution in [0.4, 0.5) is 0 Å². The van der Waals surface area contributed by atoms with E-state index in [0.717, 1.165) is 24.0 Å². The van der Waals surface area contributed by atoms with E-state index in [0.29, 0.717) is 38.4 Å². The molecule has 1 aliphatic carbocycles. The number of benzene rings is 1. The second-order valence-corrected chi connectivity index (χ2v) is 5.49. The fourth-order valence-electron chi connectivity index (χ4n) is 2.05. The van der Waals surface area contributed by atoms with Crippen molar-refractivity contribution in [2.45, 2.75) is 44.7 Å². The molecule has 0 radical (unpaired) electrons. The number of hydrogen-bond acceptors (Lipinski definition) is 3. The van der Waals surface area contributed by atoms with E-state index in [2.05, 4.69) is 10.6 Å². The Morgan fingerprint density at radius 1 is 1.10 bits per heavy atom. The molecule has 0 unspecified atom stereocenters. The van der Waals surface area contributed by atoms with Crippen molar-refractivity contribution in [1.82, 2.24) is 10.6 Å². The molecule has 1 aromatic carbocycles. The Morgan fingerprint density at radius 2 is 1.76 bits per heavy atom. The maximum absolute atomic E-state index is 11.8. The first-order valence-electron chi connectivity index (χ1n) is 7.51. The molecule has 2 amide bonds. The van der Waals surface area contributed by atoms with Gasteiger partial charge in [0.2, 0.25) is 11.8 Å². The minimum atomic E-state index is -0.0156. The standard InChI is InChI=1S/C16H23N3O2/c17-11-13-5-3-12(4-6-13)10-16(21)18-9-1-2-15(20)19-14-7-8-14/h3-6,14H,1-2,7-11,17H2,(H,18,21)(H,19,20). The average molecular weight is 289 g/mol. The highest BCUT2D eigenvalue weighted by Gasteiger charge is 2.22. The zero-order chi connectivity index (χ0) is 15.1. The van der Waals surface area contributed by atoms with Crippen LogP contribution in [0.5, 0.6) is 0 Å². The molecule has 1 aromatic rings. The SMILES string of the molecule is NCc1ccc(CC(=O)NCCCC(=O)NC2CC2)cc1. The molecule has 0 aromatic heterocycles. The van der Waals surface area contributed by atoms with Crippen molar-refractivity contribution in [3.63, 3.8) is 0 Å². The van der Waals surface area contributed by atoms with Crippen molar-refractivity contribution in [2.24, 2.45) is 5.73 Å². The van der Waals surface area contributed by atoms with Crippen LogP contribution in [0.1, 0.15) is 36.8 Å². The summed E-state index contributed by atoms with van der Waals surface area (Å²) >= 11 is 0. The lowest BCUT2D eigenvalue weighted by molar-refractivity contribution is -0.122. The molecule has 5 heteroatoms. The molecule has 0 heterocycles. The molecule has 1 aliphatic rings. The van der Waals surface area contributed by atoms with Gasteiger partial charge in [0, 0.05) is 25.6 Å². The molecule has 1 saturated carbocycles. The fourth-order valence-corrected chi connectivity index (χ4v) is 2.05. The number of carbonyl (C=O) groups is 2. The van der Waals surface area contributed by atoms with Crippen molar-refractivity contribution in [1.29, 1.82) is 0 Å². The van der Waals surface area contributed by atoms with Crippen LogP contribution >= 0.6 is 0 Å². The molecular weight excluding hydrogens is 266 g/mol. The number of amides is 2. The maximum atomic E-state index is 11.8. The Bertz CT molecular complexity index is 481. The highest BCUT2D eigenvalue weighted by atomic mass is 16.2. The summed E-state index contributed by atoms with van der Waals surface area (Å²) in [5.74, 6) is 0.0715. The smallest absolute Gasteiger partial charge is 0.224 e. The normalized spacial score (nSPS) is 13.8. The summed E-state index contributed by atoms with van der Waals surface area (Å²) in [6.07, 6.45) is 3.72. The van der Waals surface area contributed by atoms with Crippen LogP contribution in [0.15, 0.2) is 24.3 Å². The van der Waals surface area contributed by atoms with Gasteiger partial charge in [-0.1, -0.05) is 24.3 Å². The number of nitrogens with two attached hydrogens (primary N) is 1. The van der Waals surface area contributed by atoms with Crippen LogP contribution in [-0.2, 0) is 22.6 Å². The largest absolute Gasteiger partial charge is 0.356 e. The first kappa shape index (κ1) is 15.5. The minimum absolute atomic E-state index is 0.0156. The van der Waals surface area contributed by atoms with Gasteiger partial charge < -0.3 is 16.4 Å². The molecule has 114 valence electrons. The van der Waals surface area contributed by atoms with Crippen LogP contribution < -0.4 is 16.4 Å². The van der Waals surface area contributed by atoms with Crippen LogP contribution in [0.25, 0.3) is 0 Å². The van der Waals surface area contributed by atoms with Crippen molar-refractivity contribution in [2.75, 3.05) is 6.54 Å². The van der Waals surface area contributed by atoms with Crippen molar-refractivity contribution >= 4 is 11.8 Å². The third kappa shape index (κ3) is 5.95. The maximum Gasteiger partial charge on any atom is 0.224 e. The average Bonchev–Trinajstić information content (AvgIpc) is 3.28. The monoisotopic (exact) mass is 289 g/mol. The Balaban J connectivity index is 1.59. The zero-order valence-corrected chi connectivity index (χ0v) is 12.2. The summed E-state index contributed by atoms with van der Waals surface area (Å²) in [5.41, 5.74) is 7.55. The Hall–Kier alpha value is -1.88. The molecular formula is C16H23N3O2. The lowest BCUT2D eigenvalue weighted by Gasteiger charge is -2.06. The van der Waals surface area contributed by atoms with Gasteiger partial charge in [0.25, 0.3) is 0 Å². The molecule has 0 bridgehead atoms. The van der Waals surface area contributed by atoms with Gasteiger partial charge in [-0.2, -0.15) is 0 Å². The molecule has 1 fully saturated rings. The van der Waals surface area contributed by atoms with Gasteiger partial charge in [0.15, 0.2) is 0 Å². The topological polar surface area (TPSA) is 84.2 Å². The molecule has 2 rings (SSSR count). The summed E-state index contributed by atoms with van der Waals surface area (Å²) in [4.78, 5) is 23.2. The third-order valence-electron chi connectivity index (χ3n) is 3.47. The Morgan fingerprint density at radius 3 is 2.38 bits per heavy atom. The van der Waals surface area contributed by atoms with Gasteiger partial charge >= 0.3 is 0 Å². The Labute approximate surface area is 125 Å². The van der Waals surface area contributed by atoms with Crippen molar-refractivity contribution in [3.8, 4) is 0 Å². The van der Waals surface area contributed by atoms with E-state index >= 15 is 0 Å². The van der Waals surface area contributed by atoms with Gasteiger partial charge in [0.1, 0.15) is 0 Å². The molecule has 21 heavy (non-hydrogen) atoms. The van der Waals surface area contributed by atoms with Crippen LogP contribution in [-0.4, -0.2) is 24.4 Å². The van der Waals surface area contributed by atoms with E-state index in [1.165, 1.54) is 0 Å². The summed E-state index contributed by atoms with van der Waals surface area (Å²) in [6, 6.07) is 8.12. The predicted molar refractivity (Wildman–Crippen MR) is 81.4 cm³/mol. The highest BCUT2D eigenvalue weighted by Crippen LogP contribution is 2.18. The van der Waals surface area contributed by atoms with Crippen LogP contribution in [0, 0.1) is 0 Å². The van der Waals surface area contributed by atoms with Gasteiger partial charge in [-0.15, -0.1) is 0 Å². The number of hydrogen-bond donors (Lipinski definition) is 3. The zero-order valence-electron chi connectivity index (χ0n) is 12.2. The van der Waals surface area contributed by atoms with Gasteiger partial charge in [-0.25, -0.2) is 0 Å². The minimum Gasteiger partial charge on any atom is -0.356 e. The molecule has 0 atom stereocenters. The number of carbonyl (C=O) groups excluding carboxylic acids is 2. The quantitative estimate of drug-likeness (QED) is 0.621. The summed E-state index contributed by atoms with van der Waals surface area (Å²) in [5, 5.41) is 5.77. The predicted octanol–water partition coefficient (Wildman–Crippen LogP) is 0.863. The molecule has 5 nitrogen and oxygen atoms in total. The highest BCUT2D eigenvalue weighted by molar-refractivity contribution is 5.79. The van der Waals surface area contributed by atoms with Gasteiger partial charge in [0.05, 0.1) is 6.42 Å².